The number of nitrogens with zero attached hydrogens (tertiary/aromatic N) is 1. The number of rotatable bonds is 1. The van der Waals surface area contributed by atoms with E-state index in [0.717, 1.165) is 29.8 Å². The highest BCUT2D eigenvalue weighted by Crippen LogP contribution is 2.56. The van der Waals surface area contributed by atoms with Gasteiger partial charge in [-0.1, -0.05) is 12.2 Å². The maximum Gasteiger partial charge on any atom is 0.173 e. The summed E-state index contributed by atoms with van der Waals surface area (Å²) in [6.07, 6.45) is 7.09. The highest BCUT2D eigenvalue weighted by molar-refractivity contribution is 5.91. The minimum Gasteiger partial charge on any atom is -0.493 e. The van der Waals surface area contributed by atoms with Crippen LogP contribution in [0.2, 0.25) is 0 Å². The molecular formula is C17H21N2O3+. The third-order valence-corrected chi connectivity index (χ3v) is 5.14. The van der Waals surface area contributed by atoms with Crippen LogP contribution in [0.15, 0.2) is 18.2 Å². The van der Waals surface area contributed by atoms with Gasteiger partial charge in [0.2, 0.25) is 0 Å². The molecule has 1 spiro atoms. The van der Waals surface area contributed by atoms with Crippen molar-refractivity contribution in [1.29, 1.82) is 0 Å². The molecular weight excluding hydrogens is 280 g/mol. The lowest BCUT2D eigenvalue weighted by Crippen LogP contribution is -2.42. The number of ether oxygens (including phenoxy) is 2. The number of aliphatic hydroxyl groups excluding tert-OH is 1. The van der Waals surface area contributed by atoms with Crippen molar-refractivity contribution in [2.75, 3.05) is 26.4 Å². The molecule has 5 nitrogen and oxygen atoms in total. The van der Waals surface area contributed by atoms with Crippen LogP contribution in [0.3, 0.4) is 0 Å². The largest absolute Gasteiger partial charge is 0.493 e. The van der Waals surface area contributed by atoms with Crippen LogP contribution in [-0.2, 0) is 5.41 Å². The Morgan fingerprint density at radius 3 is 3.09 bits per heavy atom. The Hall–Kier alpha value is -2.01. The Morgan fingerprint density at radius 2 is 2.32 bits per heavy atom. The van der Waals surface area contributed by atoms with E-state index < -0.39 is 6.10 Å². The summed E-state index contributed by atoms with van der Waals surface area (Å²) in [5.41, 5.74) is 8.89. The van der Waals surface area contributed by atoms with Crippen molar-refractivity contribution in [1.82, 2.24) is 0 Å². The predicted molar refractivity (Wildman–Crippen MR) is 84.1 cm³/mol. The van der Waals surface area contributed by atoms with Crippen molar-refractivity contribution in [3.63, 3.8) is 0 Å². The molecule has 0 saturated heterocycles. The number of benzene rings is 1. The lowest BCUT2D eigenvalue weighted by molar-refractivity contribution is -0.493. The van der Waals surface area contributed by atoms with Crippen molar-refractivity contribution in [3.05, 3.63) is 29.3 Å². The van der Waals surface area contributed by atoms with Crippen LogP contribution in [0, 0.1) is 0 Å². The second kappa shape index (κ2) is 4.49. The van der Waals surface area contributed by atoms with Crippen molar-refractivity contribution in [3.8, 4) is 11.5 Å². The van der Waals surface area contributed by atoms with E-state index in [4.69, 9.17) is 15.2 Å². The quantitative estimate of drug-likeness (QED) is 0.462. The van der Waals surface area contributed by atoms with Crippen LogP contribution in [0.5, 0.6) is 11.5 Å². The molecule has 0 aromatic heterocycles. The molecule has 1 aliphatic carbocycles. The average molecular weight is 301 g/mol. The smallest absolute Gasteiger partial charge is 0.173 e. The highest BCUT2D eigenvalue weighted by Gasteiger charge is 2.53. The van der Waals surface area contributed by atoms with Gasteiger partial charge in [0.25, 0.3) is 0 Å². The maximum absolute atomic E-state index is 9.99. The number of hydrogen-bond acceptors (Lipinski definition) is 4. The Labute approximate surface area is 129 Å². The van der Waals surface area contributed by atoms with Gasteiger partial charge in [-0.3, -0.25) is 0 Å². The second-order valence-electron chi connectivity index (χ2n) is 6.45. The van der Waals surface area contributed by atoms with Gasteiger partial charge in [0.1, 0.15) is 19.7 Å². The molecule has 3 N–H and O–H groups in total. The summed E-state index contributed by atoms with van der Waals surface area (Å²) >= 11 is 0. The van der Waals surface area contributed by atoms with Crippen LogP contribution in [-0.4, -0.2) is 48.8 Å². The molecule has 1 aromatic carbocycles. The van der Waals surface area contributed by atoms with Crippen LogP contribution < -0.4 is 15.2 Å². The summed E-state index contributed by atoms with van der Waals surface area (Å²) in [4.78, 5) is 0. The summed E-state index contributed by atoms with van der Waals surface area (Å²) in [6, 6.07) is 1.83. The summed E-state index contributed by atoms with van der Waals surface area (Å²) in [5.74, 6) is 1.45. The Kier molecular flexibility index (Phi) is 2.78. The standard InChI is InChI=1S/C17H20N2O3/c1-19-6-5-17-4-3-10(20)7-14(17)22-16-13(21-2)8-12(18)11(9-19)15(16)17/h3-4,8-10,14,18,20H,5-7H2,1-2H3/p+1/t10-,14+,17+/m1/s1. The van der Waals surface area contributed by atoms with Crippen molar-refractivity contribution in [2.45, 2.75) is 30.5 Å². The first kappa shape index (κ1) is 13.6. The highest BCUT2D eigenvalue weighted by atomic mass is 16.5. The molecule has 0 saturated carbocycles. The third-order valence-electron chi connectivity index (χ3n) is 5.14. The van der Waals surface area contributed by atoms with Gasteiger partial charge < -0.3 is 20.3 Å². The Morgan fingerprint density at radius 1 is 1.50 bits per heavy atom. The zero-order valence-corrected chi connectivity index (χ0v) is 12.9. The molecule has 0 amide bonds. The molecule has 0 radical (unpaired) electrons. The number of anilines is 1. The topological polar surface area (TPSA) is 67.7 Å². The van der Waals surface area contributed by atoms with E-state index in [1.807, 2.05) is 12.1 Å². The summed E-state index contributed by atoms with van der Waals surface area (Å²) in [5, 5.41) is 9.99. The summed E-state index contributed by atoms with van der Waals surface area (Å²) in [7, 11) is 3.69. The number of nitrogen functional groups attached to an aromatic ring is 1. The molecule has 2 heterocycles. The molecule has 3 aliphatic rings. The van der Waals surface area contributed by atoms with Gasteiger partial charge in [-0.05, 0) is 0 Å². The van der Waals surface area contributed by atoms with Crippen LogP contribution in [0.25, 0.3) is 0 Å². The fourth-order valence-electron chi connectivity index (χ4n) is 4.00. The first-order chi connectivity index (χ1) is 10.5. The van der Waals surface area contributed by atoms with E-state index in [-0.39, 0.29) is 11.5 Å². The van der Waals surface area contributed by atoms with Gasteiger partial charge in [-0.2, -0.15) is 0 Å². The van der Waals surface area contributed by atoms with Gasteiger partial charge in [0.15, 0.2) is 17.7 Å². The number of nitrogens with two attached hydrogens (primary N) is 1. The van der Waals surface area contributed by atoms with E-state index >= 15 is 0 Å². The zero-order chi connectivity index (χ0) is 15.5. The summed E-state index contributed by atoms with van der Waals surface area (Å²) < 4.78 is 13.9. The molecule has 4 rings (SSSR count). The molecule has 22 heavy (non-hydrogen) atoms. The first-order valence-electron chi connectivity index (χ1n) is 7.65. The number of methoxy groups -OCH3 is 1. The minimum atomic E-state index is -0.457. The fraction of sp³-hybridized carbons (Fsp3) is 0.471. The van der Waals surface area contributed by atoms with Crippen LogP contribution in [0.1, 0.15) is 24.0 Å². The average Bonchev–Trinajstić information content (AvgIpc) is 2.74. The molecule has 0 fully saturated rings. The fourth-order valence-corrected chi connectivity index (χ4v) is 4.00. The summed E-state index contributed by atoms with van der Waals surface area (Å²) in [6.45, 7) is 0.913. The lowest BCUT2D eigenvalue weighted by atomic mass is 9.69. The van der Waals surface area contributed by atoms with E-state index in [2.05, 4.69) is 23.9 Å². The predicted octanol–water partition coefficient (Wildman–Crippen LogP) is 1.06. The van der Waals surface area contributed by atoms with E-state index in [1.165, 1.54) is 0 Å². The number of aliphatic hydroxyl groups is 1. The SMILES string of the molecule is COc1cc(N)c2c3c1O[C@H]1C[C@H](O)C=C[C@@]31CC[N+](C)=C2. The Bertz CT molecular complexity index is 710. The van der Waals surface area contributed by atoms with Gasteiger partial charge in [-0.25, -0.2) is 4.58 Å². The minimum absolute atomic E-state index is 0.0724. The first-order valence-corrected chi connectivity index (χ1v) is 7.65. The van der Waals surface area contributed by atoms with Crippen molar-refractivity contribution in [2.24, 2.45) is 0 Å². The van der Waals surface area contributed by atoms with E-state index in [9.17, 15) is 5.11 Å². The van der Waals surface area contributed by atoms with Gasteiger partial charge in [-0.15, -0.1) is 0 Å². The second-order valence-corrected chi connectivity index (χ2v) is 6.45. The van der Waals surface area contributed by atoms with Crippen molar-refractivity contribution < 1.29 is 19.2 Å². The van der Waals surface area contributed by atoms with Gasteiger partial charge >= 0.3 is 0 Å². The lowest BCUT2D eigenvalue weighted by Gasteiger charge is -2.34. The monoisotopic (exact) mass is 301 g/mol. The van der Waals surface area contributed by atoms with Crippen LogP contribution >= 0.6 is 0 Å². The van der Waals surface area contributed by atoms with Crippen LogP contribution in [0.4, 0.5) is 5.69 Å². The third kappa shape index (κ3) is 1.66. The zero-order valence-electron chi connectivity index (χ0n) is 12.9. The van der Waals surface area contributed by atoms with Gasteiger partial charge in [0.05, 0.1) is 24.2 Å². The van der Waals surface area contributed by atoms with Crippen molar-refractivity contribution >= 4 is 11.9 Å². The molecule has 3 atom stereocenters. The number of hydrogen-bond donors (Lipinski definition) is 2. The molecule has 1 aromatic rings. The van der Waals surface area contributed by atoms with E-state index in [1.54, 1.807) is 7.11 Å². The normalized spacial score (nSPS) is 31.7. The maximum atomic E-state index is 9.99. The molecule has 116 valence electrons. The molecule has 2 aliphatic heterocycles. The molecule has 5 heteroatoms. The Balaban J connectivity index is 2.03. The van der Waals surface area contributed by atoms with E-state index in [0.29, 0.717) is 17.9 Å². The van der Waals surface area contributed by atoms with Gasteiger partial charge in [0, 0.05) is 30.2 Å². The molecule has 0 bridgehead atoms. The molecule has 0 unspecified atom stereocenters.